The van der Waals surface area contributed by atoms with Crippen molar-refractivity contribution in [2.24, 2.45) is 22.2 Å². The van der Waals surface area contributed by atoms with E-state index in [1.165, 1.54) is 4.90 Å². The van der Waals surface area contributed by atoms with Crippen LogP contribution < -0.4 is 26.8 Å². The molecule has 2 atom stereocenters. The number of unbranched alkanes of at least 4 members (excludes halogenated alkanes) is 1. The molecule has 31 heavy (non-hydrogen) atoms. The number of carbonyl (C=O) groups excluding carboxylic acids is 1. The lowest BCUT2D eigenvalue weighted by atomic mass is 10.2. The van der Waals surface area contributed by atoms with Crippen molar-refractivity contribution in [2.75, 3.05) is 24.7 Å². The number of rotatable bonds is 9. The van der Waals surface area contributed by atoms with E-state index in [1.54, 1.807) is 29.2 Å². The number of ether oxygens (including phenoxy) is 1. The summed E-state index contributed by atoms with van der Waals surface area (Å²) < 4.78 is 5.51. The molecule has 0 fully saturated rings. The Morgan fingerprint density at radius 3 is 2.81 bits per heavy atom. The van der Waals surface area contributed by atoms with Crippen molar-refractivity contribution in [1.29, 1.82) is 5.41 Å². The van der Waals surface area contributed by atoms with Gasteiger partial charge in [0.25, 0.3) is 5.91 Å². The molecule has 1 aliphatic rings. The number of guanidine groups is 1. The van der Waals surface area contributed by atoms with Crippen molar-refractivity contribution < 1.29 is 19.7 Å². The maximum Gasteiger partial charge on any atom is 0.271 e. The van der Waals surface area contributed by atoms with Crippen LogP contribution in [-0.2, 0) is 4.79 Å². The fourth-order valence-corrected chi connectivity index (χ4v) is 3.00. The van der Waals surface area contributed by atoms with E-state index in [2.05, 4.69) is 4.99 Å². The van der Waals surface area contributed by atoms with Crippen LogP contribution >= 0.6 is 11.6 Å². The highest BCUT2D eigenvalue weighted by atomic mass is 35.5. The number of nitrogens with two attached hydrogens (primary N) is 3. The van der Waals surface area contributed by atoms with Crippen molar-refractivity contribution in [3.63, 3.8) is 0 Å². The number of amides is 1. The summed E-state index contributed by atoms with van der Waals surface area (Å²) >= 11 is 6.08. The van der Waals surface area contributed by atoms with E-state index in [4.69, 9.17) is 44.1 Å². The van der Waals surface area contributed by atoms with E-state index >= 15 is 0 Å². The van der Waals surface area contributed by atoms with Gasteiger partial charge in [-0.3, -0.25) is 15.1 Å². The van der Waals surface area contributed by atoms with Crippen LogP contribution in [0.15, 0.2) is 40.8 Å². The summed E-state index contributed by atoms with van der Waals surface area (Å²) in [4.78, 5) is 18.4. The molecule has 9 N–H and O–H groups in total. The van der Waals surface area contributed by atoms with Crippen LogP contribution in [0.25, 0.3) is 0 Å². The minimum atomic E-state index is -1.07. The number of carbonyl (C=O) groups is 1. The average molecular weight is 454 g/mol. The Bertz CT molecular complexity index is 877. The second kappa shape index (κ2) is 11.0. The Hall–Kier alpha value is -2.86. The van der Waals surface area contributed by atoms with Gasteiger partial charge in [-0.05, 0) is 18.6 Å². The van der Waals surface area contributed by atoms with Crippen LogP contribution in [0.4, 0.5) is 5.69 Å². The number of anilines is 1. The third-order valence-corrected chi connectivity index (χ3v) is 4.79. The first-order valence-electron chi connectivity index (χ1n) is 9.67. The minimum Gasteiger partial charge on any atom is -0.491 e. The Morgan fingerprint density at radius 1 is 1.48 bits per heavy atom. The van der Waals surface area contributed by atoms with Crippen molar-refractivity contribution in [1.82, 2.24) is 4.90 Å². The lowest BCUT2D eigenvalue weighted by Gasteiger charge is -2.38. The van der Waals surface area contributed by atoms with E-state index in [0.717, 1.165) is 12.8 Å². The molecule has 0 aromatic heterocycles. The Balaban J connectivity index is 2.39. The normalized spacial score (nSPS) is 17.3. The summed E-state index contributed by atoms with van der Waals surface area (Å²) in [6.07, 6.45) is -0.480. The van der Waals surface area contributed by atoms with Gasteiger partial charge in [0, 0.05) is 18.3 Å². The molecule has 1 aromatic carbocycles. The van der Waals surface area contributed by atoms with Gasteiger partial charge < -0.3 is 37.1 Å². The van der Waals surface area contributed by atoms with E-state index in [1.807, 2.05) is 6.92 Å². The molecule has 0 bridgehead atoms. The molecule has 0 radical (unpaired) electrons. The van der Waals surface area contributed by atoms with Crippen molar-refractivity contribution >= 4 is 34.3 Å². The Labute approximate surface area is 185 Å². The molecule has 1 aromatic rings. The number of aliphatic hydroxyl groups is 2. The highest BCUT2D eigenvalue weighted by molar-refractivity contribution is 6.67. The number of aliphatic hydroxyl groups excluding tert-OH is 2. The van der Waals surface area contributed by atoms with Gasteiger partial charge in [0.1, 0.15) is 35.6 Å². The van der Waals surface area contributed by atoms with Gasteiger partial charge in [0.2, 0.25) is 5.96 Å². The zero-order valence-electron chi connectivity index (χ0n) is 17.2. The van der Waals surface area contributed by atoms with Crippen LogP contribution in [0.2, 0.25) is 0 Å². The first-order chi connectivity index (χ1) is 14.7. The molecule has 12 heteroatoms. The van der Waals surface area contributed by atoms with Crippen LogP contribution in [0, 0.1) is 5.41 Å². The van der Waals surface area contributed by atoms with Crippen LogP contribution in [0.5, 0.6) is 5.75 Å². The standard InChI is InChI=1S/C19H28ClN7O4/c1-2-3-7-26(11-5-4-6-13(8-11)31-10-12(29)9-28)19(24)27-16(21)14(18(23)30)25-15(20)17(27)22/h4-6,8,12,17,24,28-29H,2-3,7,9-10,21-22H2,1H3,(H2,23,30). The van der Waals surface area contributed by atoms with E-state index < -0.39 is 24.8 Å². The maximum atomic E-state index is 11.7. The summed E-state index contributed by atoms with van der Waals surface area (Å²) in [5.74, 6) is -0.756. The molecule has 0 saturated heterocycles. The lowest BCUT2D eigenvalue weighted by Crippen LogP contribution is -2.58. The van der Waals surface area contributed by atoms with Gasteiger partial charge in [0.05, 0.1) is 6.61 Å². The maximum absolute atomic E-state index is 11.7. The Kier molecular flexibility index (Phi) is 8.63. The summed E-state index contributed by atoms with van der Waals surface area (Å²) in [7, 11) is 0. The molecule has 0 spiro atoms. The number of primary amides is 1. The number of hydrogen-bond donors (Lipinski definition) is 6. The largest absolute Gasteiger partial charge is 0.491 e. The molecule has 1 amide bonds. The molecule has 0 saturated carbocycles. The monoisotopic (exact) mass is 453 g/mol. The van der Waals surface area contributed by atoms with Crippen LogP contribution in [-0.4, -0.2) is 64.2 Å². The van der Waals surface area contributed by atoms with Crippen molar-refractivity contribution in [3.8, 4) is 5.75 Å². The third-order valence-electron chi connectivity index (χ3n) is 4.48. The van der Waals surface area contributed by atoms with Crippen LogP contribution in [0.3, 0.4) is 0 Å². The fraction of sp³-hybridized carbons (Fsp3) is 0.421. The quantitative estimate of drug-likeness (QED) is 0.219. The Morgan fingerprint density at radius 2 is 2.19 bits per heavy atom. The zero-order chi connectivity index (χ0) is 23.1. The lowest BCUT2D eigenvalue weighted by molar-refractivity contribution is -0.114. The summed E-state index contributed by atoms with van der Waals surface area (Å²) in [6, 6.07) is 6.85. The van der Waals surface area contributed by atoms with Gasteiger partial charge >= 0.3 is 0 Å². The highest BCUT2D eigenvalue weighted by Crippen LogP contribution is 2.26. The first kappa shape index (κ1) is 24.4. The number of aliphatic imine (C=N–C) groups is 1. The van der Waals surface area contributed by atoms with E-state index in [-0.39, 0.29) is 29.3 Å². The molecular weight excluding hydrogens is 426 g/mol. The first-order valence-corrected chi connectivity index (χ1v) is 10.0. The molecule has 0 aliphatic carbocycles. The predicted molar refractivity (Wildman–Crippen MR) is 119 cm³/mol. The molecule has 1 aliphatic heterocycles. The predicted octanol–water partition coefficient (Wildman–Crippen LogP) is -0.189. The van der Waals surface area contributed by atoms with Gasteiger partial charge in [-0.25, -0.2) is 4.99 Å². The summed E-state index contributed by atoms with van der Waals surface area (Å²) in [5.41, 5.74) is 17.8. The molecule has 170 valence electrons. The number of halogens is 1. The van der Waals surface area contributed by atoms with E-state index in [9.17, 15) is 9.90 Å². The average Bonchev–Trinajstić information content (AvgIpc) is 2.75. The van der Waals surface area contributed by atoms with Gasteiger partial charge in [0.15, 0.2) is 5.70 Å². The van der Waals surface area contributed by atoms with Gasteiger partial charge in [-0.15, -0.1) is 0 Å². The van der Waals surface area contributed by atoms with Crippen molar-refractivity contribution in [2.45, 2.75) is 32.0 Å². The van der Waals surface area contributed by atoms with Crippen LogP contribution in [0.1, 0.15) is 19.8 Å². The van der Waals surface area contributed by atoms with Gasteiger partial charge in [-0.1, -0.05) is 31.0 Å². The number of hydrogen-bond acceptors (Lipinski definition) is 8. The SMILES string of the molecule is CCCCN(C(=N)N1C(N)=C(C(N)=O)N=C(Cl)C1N)c1cccc(OCC(O)CO)c1. The highest BCUT2D eigenvalue weighted by Gasteiger charge is 2.34. The van der Waals surface area contributed by atoms with Crippen molar-refractivity contribution in [3.05, 3.63) is 35.8 Å². The second-order valence-corrected chi connectivity index (χ2v) is 7.21. The summed E-state index contributed by atoms with van der Waals surface area (Å²) in [5, 5.41) is 27.1. The zero-order valence-corrected chi connectivity index (χ0v) is 17.9. The number of nitrogens with zero attached hydrogens (tertiary/aromatic N) is 3. The van der Waals surface area contributed by atoms with Gasteiger partial charge in [-0.2, -0.15) is 0 Å². The number of nitrogens with one attached hydrogen (secondary N) is 1. The fourth-order valence-electron chi connectivity index (χ4n) is 2.82. The molecular formula is C19H28ClN7O4. The third kappa shape index (κ3) is 5.85. The topological polar surface area (TPSA) is 188 Å². The van der Waals surface area contributed by atoms with E-state index in [0.29, 0.717) is 18.0 Å². The number of benzene rings is 1. The molecule has 2 rings (SSSR count). The second-order valence-electron chi connectivity index (χ2n) is 6.82. The molecule has 2 unspecified atom stereocenters. The minimum absolute atomic E-state index is 0.0902. The smallest absolute Gasteiger partial charge is 0.271 e. The molecule has 11 nitrogen and oxygen atoms in total. The molecule has 1 heterocycles. The summed E-state index contributed by atoms with van der Waals surface area (Å²) in [6.45, 7) is 1.94.